The average molecular weight is 259 g/mol. The fourth-order valence-electron chi connectivity index (χ4n) is 1.76. The molecule has 0 bridgehead atoms. The lowest BCUT2D eigenvalue weighted by Gasteiger charge is -2.16. The van der Waals surface area contributed by atoms with Gasteiger partial charge >= 0.3 is 0 Å². The van der Waals surface area contributed by atoms with Gasteiger partial charge in [0.25, 0.3) is 0 Å². The second-order valence-electron chi connectivity index (χ2n) is 4.28. The predicted molar refractivity (Wildman–Crippen MR) is 70.1 cm³/mol. The Morgan fingerprint density at radius 2 is 2.26 bits per heavy atom. The van der Waals surface area contributed by atoms with Crippen LogP contribution in [-0.4, -0.2) is 37.6 Å². The highest BCUT2D eigenvalue weighted by Crippen LogP contribution is 2.03. The molecule has 0 spiro atoms. The SMILES string of the molecule is CCn1cnnc1CN(C)C(=O)Cc1ccccn1. The van der Waals surface area contributed by atoms with Gasteiger partial charge in [-0.3, -0.25) is 9.78 Å². The van der Waals surface area contributed by atoms with Crippen molar-refractivity contribution in [3.05, 3.63) is 42.2 Å². The van der Waals surface area contributed by atoms with Crippen LogP contribution in [0.2, 0.25) is 0 Å². The van der Waals surface area contributed by atoms with E-state index < -0.39 is 0 Å². The normalized spacial score (nSPS) is 10.4. The first-order valence-corrected chi connectivity index (χ1v) is 6.21. The molecule has 19 heavy (non-hydrogen) atoms. The van der Waals surface area contributed by atoms with Crippen molar-refractivity contribution >= 4 is 5.91 Å². The minimum absolute atomic E-state index is 0.0179. The van der Waals surface area contributed by atoms with E-state index in [9.17, 15) is 4.79 Å². The van der Waals surface area contributed by atoms with Crippen molar-refractivity contribution in [2.45, 2.75) is 26.4 Å². The van der Waals surface area contributed by atoms with Gasteiger partial charge in [0.2, 0.25) is 5.91 Å². The fourth-order valence-corrected chi connectivity index (χ4v) is 1.76. The van der Waals surface area contributed by atoms with Gasteiger partial charge < -0.3 is 9.47 Å². The van der Waals surface area contributed by atoms with E-state index in [2.05, 4.69) is 15.2 Å². The summed E-state index contributed by atoms with van der Waals surface area (Å²) >= 11 is 0. The number of nitrogens with zero attached hydrogens (tertiary/aromatic N) is 5. The molecule has 0 atom stereocenters. The van der Waals surface area contributed by atoms with Gasteiger partial charge in [-0.2, -0.15) is 0 Å². The van der Waals surface area contributed by atoms with Gasteiger partial charge in [0.1, 0.15) is 6.33 Å². The predicted octanol–water partition coefficient (Wildman–Crippen LogP) is 0.894. The van der Waals surface area contributed by atoms with E-state index in [4.69, 9.17) is 0 Å². The van der Waals surface area contributed by atoms with Gasteiger partial charge in [-0.05, 0) is 19.1 Å². The summed E-state index contributed by atoms with van der Waals surface area (Å²) in [6, 6.07) is 5.56. The topological polar surface area (TPSA) is 63.9 Å². The molecule has 0 aliphatic rings. The van der Waals surface area contributed by atoms with Crippen molar-refractivity contribution in [2.75, 3.05) is 7.05 Å². The smallest absolute Gasteiger partial charge is 0.228 e. The van der Waals surface area contributed by atoms with E-state index in [0.29, 0.717) is 13.0 Å². The molecule has 0 radical (unpaired) electrons. The van der Waals surface area contributed by atoms with Crippen molar-refractivity contribution in [1.82, 2.24) is 24.6 Å². The zero-order valence-corrected chi connectivity index (χ0v) is 11.2. The van der Waals surface area contributed by atoms with E-state index in [-0.39, 0.29) is 5.91 Å². The van der Waals surface area contributed by atoms with E-state index in [1.54, 1.807) is 24.5 Å². The third-order valence-electron chi connectivity index (χ3n) is 2.90. The van der Waals surface area contributed by atoms with Gasteiger partial charge in [-0.1, -0.05) is 6.07 Å². The second kappa shape index (κ2) is 6.08. The molecule has 0 unspecified atom stereocenters. The molecule has 0 fully saturated rings. The monoisotopic (exact) mass is 259 g/mol. The van der Waals surface area contributed by atoms with Crippen LogP contribution in [0.3, 0.4) is 0 Å². The van der Waals surface area contributed by atoms with Crippen LogP contribution >= 0.6 is 0 Å². The van der Waals surface area contributed by atoms with Crippen molar-refractivity contribution < 1.29 is 4.79 Å². The molecule has 0 aliphatic carbocycles. The summed E-state index contributed by atoms with van der Waals surface area (Å²) in [5.74, 6) is 0.809. The number of aromatic nitrogens is 4. The first-order chi connectivity index (χ1) is 9.20. The quantitative estimate of drug-likeness (QED) is 0.800. The lowest BCUT2D eigenvalue weighted by molar-refractivity contribution is -0.129. The summed E-state index contributed by atoms with van der Waals surface area (Å²) in [5.41, 5.74) is 0.774. The lowest BCUT2D eigenvalue weighted by atomic mass is 10.2. The van der Waals surface area contributed by atoms with Gasteiger partial charge in [0.15, 0.2) is 5.82 Å². The molecule has 0 aliphatic heterocycles. The van der Waals surface area contributed by atoms with Crippen LogP contribution < -0.4 is 0 Å². The summed E-state index contributed by atoms with van der Waals surface area (Å²) < 4.78 is 1.92. The Bertz CT molecular complexity index is 537. The van der Waals surface area contributed by atoms with E-state index in [1.165, 1.54) is 0 Å². The maximum Gasteiger partial charge on any atom is 0.228 e. The van der Waals surface area contributed by atoms with Crippen LogP contribution in [0.5, 0.6) is 0 Å². The summed E-state index contributed by atoms with van der Waals surface area (Å²) in [5, 5.41) is 7.87. The van der Waals surface area contributed by atoms with Crippen molar-refractivity contribution in [1.29, 1.82) is 0 Å². The molecule has 6 nitrogen and oxygen atoms in total. The van der Waals surface area contributed by atoms with Crippen LogP contribution in [0, 0.1) is 0 Å². The van der Waals surface area contributed by atoms with Crippen molar-refractivity contribution in [3.8, 4) is 0 Å². The van der Waals surface area contributed by atoms with Crippen LogP contribution in [0.15, 0.2) is 30.7 Å². The number of carbonyl (C=O) groups excluding carboxylic acids is 1. The molecule has 2 rings (SSSR count). The number of amides is 1. The number of likely N-dealkylation sites (N-methyl/N-ethyl adjacent to an activating group) is 1. The zero-order chi connectivity index (χ0) is 13.7. The first-order valence-electron chi connectivity index (χ1n) is 6.21. The zero-order valence-electron chi connectivity index (χ0n) is 11.2. The molecule has 0 N–H and O–H groups in total. The van der Waals surface area contributed by atoms with Crippen LogP contribution in [-0.2, 0) is 24.3 Å². The Hall–Kier alpha value is -2.24. The number of pyridine rings is 1. The molecule has 2 heterocycles. The Kier molecular flexibility index (Phi) is 4.22. The number of hydrogen-bond acceptors (Lipinski definition) is 4. The minimum atomic E-state index is 0.0179. The average Bonchev–Trinajstić information content (AvgIpc) is 2.87. The molecule has 0 saturated carbocycles. The lowest BCUT2D eigenvalue weighted by Crippen LogP contribution is -2.29. The second-order valence-corrected chi connectivity index (χ2v) is 4.28. The van der Waals surface area contributed by atoms with Crippen LogP contribution in [0.1, 0.15) is 18.4 Å². The molecule has 2 aromatic rings. The van der Waals surface area contributed by atoms with E-state index >= 15 is 0 Å². The molecule has 2 aromatic heterocycles. The van der Waals surface area contributed by atoms with Gasteiger partial charge in [-0.25, -0.2) is 0 Å². The summed E-state index contributed by atoms with van der Waals surface area (Å²) in [6.45, 7) is 3.27. The van der Waals surface area contributed by atoms with Gasteiger partial charge in [0, 0.05) is 25.5 Å². The Morgan fingerprint density at radius 3 is 2.95 bits per heavy atom. The van der Waals surface area contributed by atoms with E-state index in [1.807, 2.05) is 29.7 Å². The highest BCUT2D eigenvalue weighted by Gasteiger charge is 2.13. The van der Waals surface area contributed by atoms with Gasteiger partial charge in [0.05, 0.1) is 13.0 Å². The molecule has 0 saturated heterocycles. The molecule has 6 heteroatoms. The largest absolute Gasteiger partial charge is 0.338 e. The van der Waals surface area contributed by atoms with Crippen LogP contribution in [0.25, 0.3) is 0 Å². The Morgan fingerprint density at radius 1 is 1.42 bits per heavy atom. The Balaban J connectivity index is 1.96. The Labute approximate surface area is 112 Å². The molecule has 1 amide bonds. The molecular weight excluding hydrogens is 242 g/mol. The molecule has 0 aromatic carbocycles. The molecular formula is C13H17N5O. The maximum atomic E-state index is 12.1. The highest BCUT2D eigenvalue weighted by atomic mass is 16.2. The van der Waals surface area contributed by atoms with E-state index in [0.717, 1.165) is 18.1 Å². The van der Waals surface area contributed by atoms with Gasteiger partial charge in [-0.15, -0.1) is 10.2 Å². The minimum Gasteiger partial charge on any atom is -0.338 e. The summed E-state index contributed by atoms with van der Waals surface area (Å²) in [7, 11) is 1.76. The van der Waals surface area contributed by atoms with Crippen molar-refractivity contribution in [2.24, 2.45) is 0 Å². The summed E-state index contributed by atoms with van der Waals surface area (Å²) in [4.78, 5) is 17.9. The number of rotatable bonds is 5. The highest BCUT2D eigenvalue weighted by molar-refractivity contribution is 5.77. The summed E-state index contributed by atoms with van der Waals surface area (Å²) in [6.07, 6.45) is 3.67. The first kappa shape index (κ1) is 13.2. The number of hydrogen-bond donors (Lipinski definition) is 0. The number of carbonyl (C=O) groups is 1. The molecule has 100 valence electrons. The maximum absolute atomic E-state index is 12.1. The third kappa shape index (κ3) is 3.37. The standard InChI is InChI=1S/C13H17N5O/c1-3-18-10-15-16-12(18)9-17(2)13(19)8-11-6-4-5-7-14-11/h4-7,10H,3,8-9H2,1-2H3. The van der Waals surface area contributed by atoms with Crippen LogP contribution in [0.4, 0.5) is 0 Å². The van der Waals surface area contributed by atoms with Crippen molar-refractivity contribution in [3.63, 3.8) is 0 Å². The fraction of sp³-hybridized carbons (Fsp3) is 0.385. The number of aryl methyl sites for hydroxylation is 1. The third-order valence-corrected chi connectivity index (χ3v) is 2.90.